The lowest BCUT2D eigenvalue weighted by Crippen LogP contribution is -2.45. The molecule has 2 amide bonds. The number of rotatable bonds is 5. The molecule has 3 rings (SSSR count). The zero-order valence-corrected chi connectivity index (χ0v) is 14.3. The van der Waals surface area contributed by atoms with Crippen LogP contribution < -0.4 is 0 Å². The molecule has 0 saturated carbocycles. The van der Waals surface area contributed by atoms with Crippen molar-refractivity contribution >= 4 is 23.6 Å². The molecule has 0 radical (unpaired) electrons. The van der Waals surface area contributed by atoms with Crippen LogP contribution in [0.15, 0.2) is 54.6 Å². The average molecular weight is 351 g/mol. The number of hydrogen-bond acceptors (Lipinski definition) is 5. The highest BCUT2D eigenvalue weighted by molar-refractivity contribution is 6.22. The molecule has 0 aliphatic carbocycles. The molecule has 0 spiro atoms. The Morgan fingerprint density at radius 3 is 1.88 bits per heavy atom. The van der Waals surface area contributed by atoms with Crippen molar-refractivity contribution in [3.05, 3.63) is 71.3 Å². The van der Waals surface area contributed by atoms with Crippen LogP contribution in [0.25, 0.3) is 0 Å². The number of imide groups is 1. The summed E-state index contributed by atoms with van der Waals surface area (Å²) in [5.74, 6) is -2.25. The van der Waals surface area contributed by atoms with Gasteiger partial charge in [0, 0.05) is 5.56 Å². The monoisotopic (exact) mass is 351 g/mol. The number of fused-ring (bicyclic) bond motifs is 1. The van der Waals surface area contributed by atoms with Gasteiger partial charge in [0.15, 0.2) is 6.10 Å². The first-order chi connectivity index (χ1) is 12.4. The number of ketones is 1. The molecule has 132 valence electrons. The van der Waals surface area contributed by atoms with Gasteiger partial charge in [-0.15, -0.1) is 0 Å². The first kappa shape index (κ1) is 17.5. The molecule has 0 N–H and O–H groups in total. The van der Waals surface area contributed by atoms with Crippen LogP contribution in [0.1, 0.15) is 44.9 Å². The highest BCUT2D eigenvalue weighted by Crippen LogP contribution is 2.25. The average Bonchev–Trinajstić information content (AvgIpc) is 2.92. The van der Waals surface area contributed by atoms with Gasteiger partial charge in [-0.3, -0.25) is 19.3 Å². The molecule has 1 aliphatic rings. The van der Waals surface area contributed by atoms with Gasteiger partial charge in [-0.05, 0) is 26.0 Å². The number of ether oxygens (including phenoxy) is 1. The van der Waals surface area contributed by atoms with Crippen molar-refractivity contribution in [1.29, 1.82) is 0 Å². The fraction of sp³-hybridized carbons (Fsp3) is 0.200. The standard InChI is InChI=1S/C20H17NO5/c1-12(21-18(23)15-10-6-7-11-16(15)19(21)24)20(25)26-13(2)17(22)14-8-4-3-5-9-14/h3-13H,1-2H3/t12-,13+/m0/s1. The second kappa shape index (κ2) is 6.92. The number of nitrogens with zero attached hydrogens (tertiary/aromatic N) is 1. The van der Waals surface area contributed by atoms with E-state index in [-0.39, 0.29) is 16.9 Å². The summed E-state index contributed by atoms with van der Waals surface area (Å²) in [6, 6.07) is 13.7. The number of amides is 2. The zero-order chi connectivity index (χ0) is 18.8. The van der Waals surface area contributed by atoms with Gasteiger partial charge in [0.05, 0.1) is 11.1 Å². The second-order valence-electron chi connectivity index (χ2n) is 6.01. The molecule has 2 aromatic rings. The molecular weight excluding hydrogens is 334 g/mol. The molecule has 0 aromatic heterocycles. The summed E-state index contributed by atoms with van der Waals surface area (Å²) in [4.78, 5) is 50.4. The van der Waals surface area contributed by atoms with Crippen LogP contribution in [0.5, 0.6) is 0 Å². The Hall–Kier alpha value is -3.28. The number of carbonyl (C=O) groups is 4. The second-order valence-corrected chi connectivity index (χ2v) is 6.01. The van der Waals surface area contributed by atoms with E-state index < -0.39 is 29.9 Å². The maximum atomic E-state index is 12.4. The third-order valence-corrected chi connectivity index (χ3v) is 4.27. The normalized spacial score (nSPS) is 15.4. The Balaban J connectivity index is 1.72. The lowest BCUT2D eigenvalue weighted by Gasteiger charge is -2.22. The minimum Gasteiger partial charge on any atom is -0.453 e. The maximum absolute atomic E-state index is 12.4. The van der Waals surface area contributed by atoms with E-state index in [1.54, 1.807) is 42.5 Å². The molecule has 0 bridgehead atoms. The van der Waals surface area contributed by atoms with Crippen LogP contribution >= 0.6 is 0 Å². The molecule has 6 nitrogen and oxygen atoms in total. The predicted octanol–water partition coefficient (Wildman–Crippen LogP) is 2.49. The van der Waals surface area contributed by atoms with E-state index >= 15 is 0 Å². The van der Waals surface area contributed by atoms with E-state index in [0.717, 1.165) is 4.90 Å². The molecule has 26 heavy (non-hydrogen) atoms. The summed E-state index contributed by atoms with van der Waals surface area (Å²) in [6.45, 7) is 2.87. The topological polar surface area (TPSA) is 80.8 Å². The molecule has 2 atom stereocenters. The molecule has 2 aromatic carbocycles. The van der Waals surface area contributed by atoms with Crippen molar-refractivity contribution in [2.45, 2.75) is 26.0 Å². The van der Waals surface area contributed by atoms with Gasteiger partial charge >= 0.3 is 5.97 Å². The quantitative estimate of drug-likeness (QED) is 0.470. The summed E-state index contributed by atoms with van der Waals surface area (Å²) in [5, 5.41) is 0. The van der Waals surface area contributed by atoms with E-state index in [2.05, 4.69) is 0 Å². The van der Waals surface area contributed by atoms with Crippen LogP contribution in [0.3, 0.4) is 0 Å². The van der Waals surface area contributed by atoms with E-state index in [0.29, 0.717) is 5.56 Å². The van der Waals surface area contributed by atoms with Crippen molar-refractivity contribution in [3.8, 4) is 0 Å². The van der Waals surface area contributed by atoms with Crippen molar-refractivity contribution in [1.82, 2.24) is 4.90 Å². The Morgan fingerprint density at radius 1 is 0.846 bits per heavy atom. The fourth-order valence-electron chi connectivity index (χ4n) is 2.83. The first-order valence-corrected chi connectivity index (χ1v) is 8.18. The third kappa shape index (κ3) is 3.01. The number of Topliss-reactive ketones (excluding diaryl/α,β-unsaturated/α-hetero) is 1. The van der Waals surface area contributed by atoms with Gasteiger partial charge in [0.1, 0.15) is 6.04 Å². The van der Waals surface area contributed by atoms with Gasteiger partial charge in [-0.1, -0.05) is 42.5 Å². The lowest BCUT2D eigenvalue weighted by atomic mass is 10.1. The lowest BCUT2D eigenvalue weighted by molar-refractivity contribution is -0.150. The Labute approximate surface area is 150 Å². The minimum atomic E-state index is -1.13. The predicted molar refractivity (Wildman–Crippen MR) is 92.7 cm³/mol. The number of esters is 1. The largest absolute Gasteiger partial charge is 0.453 e. The van der Waals surface area contributed by atoms with Crippen molar-refractivity contribution in [2.75, 3.05) is 0 Å². The molecule has 0 saturated heterocycles. The molecule has 1 aliphatic heterocycles. The number of benzene rings is 2. The van der Waals surface area contributed by atoms with Crippen LogP contribution in [-0.2, 0) is 9.53 Å². The molecule has 0 fully saturated rings. The van der Waals surface area contributed by atoms with Crippen molar-refractivity contribution < 1.29 is 23.9 Å². The van der Waals surface area contributed by atoms with Crippen molar-refractivity contribution in [2.24, 2.45) is 0 Å². The summed E-state index contributed by atoms with van der Waals surface area (Å²) in [7, 11) is 0. The number of hydrogen-bond donors (Lipinski definition) is 0. The highest BCUT2D eigenvalue weighted by atomic mass is 16.5. The molecule has 6 heteroatoms. The smallest absolute Gasteiger partial charge is 0.329 e. The highest BCUT2D eigenvalue weighted by Gasteiger charge is 2.41. The first-order valence-electron chi connectivity index (χ1n) is 8.18. The fourth-order valence-corrected chi connectivity index (χ4v) is 2.83. The van der Waals surface area contributed by atoms with Gasteiger partial charge < -0.3 is 4.74 Å². The minimum absolute atomic E-state index is 0.255. The maximum Gasteiger partial charge on any atom is 0.329 e. The summed E-state index contributed by atoms with van der Waals surface area (Å²) in [5.41, 5.74) is 0.928. The zero-order valence-electron chi connectivity index (χ0n) is 14.3. The van der Waals surface area contributed by atoms with Gasteiger partial charge in [0.25, 0.3) is 11.8 Å². The number of carbonyl (C=O) groups excluding carboxylic acids is 4. The van der Waals surface area contributed by atoms with E-state index in [4.69, 9.17) is 4.74 Å². The Morgan fingerprint density at radius 2 is 1.35 bits per heavy atom. The van der Waals surface area contributed by atoms with E-state index in [1.807, 2.05) is 0 Å². The third-order valence-electron chi connectivity index (χ3n) is 4.27. The van der Waals surface area contributed by atoms with Gasteiger partial charge in [-0.2, -0.15) is 0 Å². The van der Waals surface area contributed by atoms with Crippen LogP contribution in [0.4, 0.5) is 0 Å². The van der Waals surface area contributed by atoms with Crippen LogP contribution in [-0.4, -0.2) is 40.6 Å². The van der Waals surface area contributed by atoms with Gasteiger partial charge in [-0.25, -0.2) is 4.79 Å². The Bertz CT molecular complexity index is 855. The summed E-state index contributed by atoms with van der Waals surface area (Å²) in [6.07, 6.45) is -1.03. The molecule has 1 heterocycles. The molecule has 0 unspecified atom stereocenters. The summed E-state index contributed by atoms with van der Waals surface area (Å²) < 4.78 is 5.20. The van der Waals surface area contributed by atoms with Crippen LogP contribution in [0.2, 0.25) is 0 Å². The van der Waals surface area contributed by atoms with E-state index in [9.17, 15) is 19.2 Å². The molecular formula is C20H17NO5. The Kier molecular flexibility index (Phi) is 4.67. The van der Waals surface area contributed by atoms with E-state index in [1.165, 1.54) is 26.0 Å². The van der Waals surface area contributed by atoms with Crippen molar-refractivity contribution in [3.63, 3.8) is 0 Å². The summed E-state index contributed by atoms with van der Waals surface area (Å²) >= 11 is 0. The van der Waals surface area contributed by atoms with Crippen LogP contribution in [0, 0.1) is 0 Å². The SMILES string of the molecule is C[C@@H](OC(=O)[C@H](C)N1C(=O)c2ccccc2C1=O)C(=O)c1ccccc1. The van der Waals surface area contributed by atoms with Gasteiger partial charge in [0.2, 0.25) is 5.78 Å².